The van der Waals surface area contributed by atoms with E-state index in [4.69, 9.17) is 14.0 Å². The molecule has 0 fully saturated rings. The van der Waals surface area contributed by atoms with Gasteiger partial charge in [-0.25, -0.2) is 4.79 Å². The molecule has 1 atom stereocenters. The van der Waals surface area contributed by atoms with Crippen LogP contribution in [0.5, 0.6) is 11.5 Å². The number of ether oxygens (including phenoxy) is 2. The molecule has 0 bridgehead atoms. The number of fused-ring (bicyclic) bond motifs is 1. The maximum Gasteiger partial charge on any atom is 0.337 e. The van der Waals surface area contributed by atoms with Gasteiger partial charge in [0.05, 0.1) is 35.6 Å². The van der Waals surface area contributed by atoms with Gasteiger partial charge in [0, 0.05) is 0 Å². The summed E-state index contributed by atoms with van der Waals surface area (Å²) in [7, 11) is 1.48. The molecule has 3 heterocycles. The summed E-state index contributed by atoms with van der Waals surface area (Å²) < 4.78 is 15.5. The van der Waals surface area contributed by atoms with Crippen molar-refractivity contribution >= 4 is 11.9 Å². The number of cyclic esters (lactones) is 1. The number of hydrogen-bond donors (Lipinski definition) is 2. The minimum atomic E-state index is -0.403. The number of hydrogen-bond acceptors (Lipinski definition) is 7. The predicted molar refractivity (Wildman–Crippen MR) is 79.3 cm³/mol. The molecule has 2 aliphatic heterocycles. The summed E-state index contributed by atoms with van der Waals surface area (Å²) in [6.07, 6.45) is 0. The van der Waals surface area contributed by atoms with Gasteiger partial charge in [0.25, 0.3) is 0 Å². The van der Waals surface area contributed by atoms with Crippen LogP contribution in [0.25, 0.3) is 0 Å². The zero-order valence-corrected chi connectivity index (χ0v) is 12.5. The average Bonchev–Trinajstić information content (AvgIpc) is 3.09. The first-order valence-corrected chi connectivity index (χ1v) is 7.10. The molecule has 23 heavy (non-hydrogen) atoms. The number of benzene rings is 1. The molecule has 0 spiro atoms. The molecule has 0 saturated heterocycles. The molecule has 2 aliphatic rings. The molecule has 1 unspecified atom stereocenters. The molecule has 2 N–H and O–H groups in total. The van der Waals surface area contributed by atoms with Crippen LogP contribution in [-0.4, -0.2) is 29.9 Å². The number of anilines is 1. The van der Waals surface area contributed by atoms with Crippen molar-refractivity contribution in [2.45, 2.75) is 12.8 Å². The average molecular weight is 314 g/mol. The Morgan fingerprint density at radius 1 is 1.43 bits per heavy atom. The second-order valence-electron chi connectivity index (χ2n) is 5.47. The fraction of sp³-hybridized carbons (Fsp3) is 0.250. The number of nitrogens with one attached hydrogen (secondary N) is 1. The first-order valence-electron chi connectivity index (χ1n) is 7.10. The largest absolute Gasteiger partial charge is 0.504 e. The lowest BCUT2D eigenvalue weighted by molar-refractivity contribution is -0.136. The number of methoxy groups -OCH3 is 1. The zero-order valence-electron chi connectivity index (χ0n) is 12.5. The Kier molecular flexibility index (Phi) is 2.84. The maximum atomic E-state index is 12.2. The van der Waals surface area contributed by atoms with Gasteiger partial charge in [-0.1, -0.05) is 11.2 Å². The topological polar surface area (TPSA) is 93.8 Å². The number of phenols is 1. The van der Waals surface area contributed by atoms with Crippen LogP contribution in [0.4, 0.5) is 5.88 Å². The van der Waals surface area contributed by atoms with Crippen molar-refractivity contribution < 1.29 is 23.9 Å². The van der Waals surface area contributed by atoms with Gasteiger partial charge >= 0.3 is 5.97 Å². The fourth-order valence-electron chi connectivity index (χ4n) is 3.12. The number of aromatic nitrogens is 1. The number of carbonyl (C=O) groups excluding carboxylic acids is 1. The highest BCUT2D eigenvalue weighted by Crippen LogP contribution is 2.46. The van der Waals surface area contributed by atoms with Crippen LogP contribution in [0.1, 0.15) is 22.7 Å². The lowest BCUT2D eigenvalue weighted by Crippen LogP contribution is -2.19. The van der Waals surface area contributed by atoms with E-state index in [0.29, 0.717) is 28.6 Å². The molecule has 118 valence electrons. The number of rotatable bonds is 2. The van der Waals surface area contributed by atoms with Crippen LogP contribution in [-0.2, 0) is 9.53 Å². The summed E-state index contributed by atoms with van der Waals surface area (Å²) >= 11 is 0. The summed E-state index contributed by atoms with van der Waals surface area (Å²) in [5.41, 5.74) is 3.38. The number of aromatic hydroxyl groups is 1. The molecule has 1 aromatic carbocycles. The first-order chi connectivity index (χ1) is 11.1. The van der Waals surface area contributed by atoms with Gasteiger partial charge in [0.1, 0.15) is 6.61 Å². The molecule has 7 nitrogen and oxygen atoms in total. The lowest BCUT2D eigenvalue weighted by Gasteiger charge is -2.23. The standard InChI is InChI=1S/C16H14N2O5/c1-7-12-13(8-3-4-11(21-2)10(19)5-8)14-9(6-22-16(14)20)17-15(12)23-18-7/h3-5,13,17,19H,6H2,1-2H3. The van der Waals surface area contributed by atoms with E-state index >= 15 is 0 Å². The molecule has 0 amide bonds. The lowest BCUT2D eigenvalue weighted by atomic mass is 9.82. The van der Waals surface area contributed by atoms with E-state index in [9.17, 15) is 9.90 Å². The normalized spacial score (nSPS) is 19.0. The van der Waals surface area contributed by atoms with Crippen molar-refractivity contribution in [3.63, 3.8) is 0 Å². The monoisotopic (exact) mass is 314 g/mol. The van der Waals surface area contributed by atoms with Gasteiger partial charge in [0.15, 0.2) is 11.5 Å². The van der Waals surface area contributed by atoms with Crippen molar-refractivity contribution in [3.8, 4) is 11.5 Å². The first kappa shape index (κ1) is 13.7. The van der Waals surface area contributed by atoms with Gasteiger partial charge in [-0.05, 0) is 24.6 Å². The number of carbonyl (C=O) groups is 1. The Hall–Kier alpha value is -2.96. The van der Waals surface area contributed by atoms with Crippen LogP contribution >= 0.6 is 0 Å². The number of aryl methyl sites for hydroxylation is 1. The Morgan fingerprint density at radius 2 is 2.26 bits per heavy atom. The minimum Gasteiger partial charge on any atom is -0.504 e. The van der Waals surface area contributed by atoms with E-state index in [1.165, 1.54) is 7.11 Å². The Balaban J connectivity index is 1.92. The van der Waals surface area contributed by atoms with E-state index in [-0.39, 0.29) is 18.3 Å². The van der Waals surface area contributed by atoms with Crippen LogP contribution < -0.4 is 10.1 Å². The number of nitrogens with zero attached hydrogens (tertiary/aromatic N) is 1. The quantitative estimate of drug-likeness (QED) is 0.819. The highest BCUT2D eigenvalue weighted by atomic mass is 16.5. The third-order valence-corrected chi connectivity index (χ3v) is 4.18. The maximum absolute atomic E-state index is 12.2. The molecule has 2 aromatic rings. The molecule has 0 radical (unpaired) electrons. The van der Waals surface area contributed by atoms with Crippen molar-refractivity contribution in [1.29, 1.82) is 0 Å². The molecule has 4 rings (SSSR count). The minimum absolute atomic E-state index is 0.00713. The Labute approximate surface area is 131 Å². The van der Waals surface area contributed by atoms with Gasteiger partial charge < -0.3 is 24.4 Å². The van der Waals surface area contributed by atoms with E-state index in [0.717, 1.165) is 11.1 Å². The van der Waals surface area contributed by atoms with Crippen molar-refractivity contribution in [3.05, 3.63) is 46.3 Å². The van der Waals surface area contributed by atoms with Gasteiger partial charge in [-0.3, -0.25) is 0 Å². The third kappa shape index (κ3) is 1.89. The fourth-order valence-corrected chi connectivity index (χ4v) is 3.12. The highest BCUT2D eigenvalue weighted by molar-refractivity contribution is 5.96. The molecular formula is C16H14N2O5. The van der Waals surface area contributed by atoms with Crippen molar-refractivity contribution in [2.75, 3.05) is 19.0 Å². The molecule has 0 saturated carbocycles. The van der Waals surface area contributed by atoms with E-state index in [2.05, 4.69) is 10.5 Å². The van der Waals surface area contributed by atoms with E-state index < -0.39 is 5.92 Å². The number of esters is 1. The second kappa shape index (κ2) is 4.77. The van der Waals surface area contributed by atoms with Crippen LogP contribution in [0, 0.1) is 6.92 Å². The van der Waals surface area contributed by atoms with Gasteiger partial charge in [-0.2, -0.15) is 0 Å². The smallest absolute Gasteiger partial charge is 0.337 e. The summed E-state index contributed by atoms with van der Waals surface area (Å²) in [4.78, 5) is 12.2. The summed E-state index contributed by atoms with van der Waals surface area (Å²) in [5.74, 6) is 0.0964. The molecule has 0 aliphatic carbocycles. The predicted octanol–water partition coefficient (Wildman–Crippen LogP) is 2.07. The van der Waals surface area contributed by atoms with Crippen LogP contribution in [0.15, 0.2) is 34.0 Å². The molecule has 7 heteroatoms. The molecule has 1 aromatic heterocycles. The molecular weight excluding hydrogens is 300 g/mol. The third-order valence-electron chi connectivity index (χ3n) is 4.18. The Morgan fingerprint density at radius 3 is 3.00 bits per heavy atom. The van der Waals surface area contributed by atoms with Gasteiger partial charge in [0.2, 0.25) is 5.88 Å². The SMILES string of the molecule is COc1ccc(C2C3=C(COC3=O)Nc3onc(C)c32)cc1O. The Bertz CT molecular complexity index is 852. The summed E-state index contributed by atoms with van der Waals surface area (Å²) in [5, 5.41) is 17.1. The second-order valence-corrected chi connectivity index (χ2v) is 5.47. The summed E-state index contributed by atoms with van der Waals surface area (Å²) in [6, 6.07) is 5.05. The van der Waals surface area contributed by atoms with Crippen molar-refractivity contribution in [2.24, 2.45) is 0 Å². The van der Waals surface area contributed by atoms with Crippen LogP contribution in [0.2, 0.25) is 0 Å². The van der Waals surface area contributed by atoms with Gasteiger partial charge in [-0.15, -0.1) is 0 Å². The van der Waals surface area contributed by atoms with E-state index in [1.807, 2.05) is 6.92 Å². The number of phenolic OH excluding ortho intramolecular Hbond substituents is 1. The van der Waals surface area contributed by atoms with E-state index in [1.54, 1.807) is 18.2 Å². The zero-order chi connectivity index (χ0) is 16.1. The van der Waals surface area contributed by atoms with Crippen molar-refractivity contribution in [1.82, 2.24) is 5.16 Å². The van der Waals surface area contributed by atoms with Crippen LogP contribution in [0.3, 0.4) is 0 Å². The summed E-state index contributed by atoms with van der Waals surface area (Å²) in [6.45, 7) is 1.98. The highest BCUT2D eigenvalue weighted by Gasteiger charge is 2.41.